The fourth-order valence-corrected chi connectivity index (χ4v) is 3.62. The van der Waals surface area contributed by atoms with Crippen molar-refractivity contribution in [2.75, 3.05) is 13.2 Å². The van der Waals surface area contributed by atoms with E-state index < -0.39 is 0 Å². The lowest BCUT2D eigenvalue weighted by atomic mass is 9.98. The van der Waals surface area contributed by atoms with Gasteiger partial charge in [0.25, 0.3) is 5.91 Å². The number of carbonyl (C=O) groups excluding carboxylic acids is 1. The van der Waals surface area contributed by atoms with E-state index in [1.807, 2.05) is 4.90 Å². The van der Waals surface area contributed by atoms with Crippen LogP contribution >= 0.6 is 23.2 Å². The molecule has 2 aromatic carbocycles. The van der Waals surface area contributed by atoms with Gasteiger partial charge < -0.3 is 9.64 Å². The molecule has 27 heavy (non-hydrogen) atoms. The number of amides is 1. The van der Waals surface area contributed by atoms with E-state index in [1.165, 1.54) is 0 Å². The lowest BCUT2D eigenvalue weighted by Crippen LogP contribution is -2.44. The van der Waals surface area contributed by atoms with Crippen molar-refractivity contribution in [3.05, 3.63) is 63.6 Å². The maximum atomic E-state index is 12.9. The molecule has 1 aliphatic rings. The first-order valence-corrected chi connectivity index (χ1v) is 9.73. The SMILES string of the molecule is N#Cc1cccc(C(=O)N2CCCCC2CCOc2ccc(Cl)c(Cl)c2)c1. The second-order valence-electron chi connectivity index (χ2n) is 6.55. The van der Waals surface area contributed by atoms with Gasteiger partial charge >= 0.3 is 0 Å². The molecule has 0 spiro atoms. The van der Waals surface area contributed by atoms with Crippen LogP contribution in [0.4, 0.5) is 0 Å². The maximum Gasteiger partial charge on any atom is 0.254 e. The minimum absolute atomic E-state index is 0.0219. The summed E-state index contributed by atoms with van der Waals surface area (Å²) in [4.78, 5) is 14.9. The Labute approximate surface area is 169 Å². The van der Waals surface area contributed by atoms with Gasteiger partial charge in [-0.2, -0.15) is 5.26 Å². The van der Waals surface area contributed by atoms with Gasteiger partial charge in [0.2, 0.25) is 0 Å². The van der Waals surface area contributed by atoms with Crippen LogP contribution in [-0.4, -0.2) is 30.0 Å². The van der Waals surface area contributed by atoms with E-state index in [0.717, 1.165) is 32.2 Å². The molecule has 0 aliphatic carbocycles. The van der Waals surface area contributed by atoms with Gasteiger partial charge in [-0.25, -0.2) is 0 Å². The number of hydrogen-bond donors (Lipinski definition) is 0. The molecule has 0 bridgehead atoms. The van der Waals surface area contributed by atoms with Crippen LogP contribution in [0.2, 0.25) is 10.0 Å². The predicted molar refractivity (Wildman–Crippen MR) is 106 cm³/mol. The Morgan fingerprint density at radius 2 is 2.04 bits per heavy atom. The number of halogens is 2. The predicted octanol–water partition coefficient (Wildman–Crippen LogP) is 5.33. The summed E-state index contributed by atoms with van der Waals surface area (Å²) in [7, 11) is 0. The highest BCUT2D eigenvalue weighted by Gasteiger charge is 2.27. The van der Waals surface area contributed by atoms with Gasteiger partial charge in [0.05, 0.1) is 28.3 Å². The fraction of sp³-hybridized carbons (Fsp3) is 0.333. The number of nitrogens with zero attached hydrogens (tertiary/aromatic N) is 2. The molecule has 6 heteroatoms. The van der Waals surface area contributed by atoms with Crippen LogP contribution in [0.5, 0.6) is 5.75 Å². The Morgan fingerprint density at radius 3 is 2.81 bits per heavy atom. The summed E-state index contributed by atoms with van der Waals surface area (Å²) in [6.07, 6.45) is 3.78. The molecule has 0 N–H and O–H groups in total. The first kappa shape index (κ1) is 19.5. The first-order chi connectivity index (χ1) is 13.1. The van der Waals surface area contributed by atoms with Crippen molar-refractivity contribution in [1.29, 1.82) is 5.26 Å². The van der Waals surface area contributed by atoms with Crippen molar-refractivity contribution in [2.45, 2.75) is 31.7 Å². The smallest absolute Gasteiger partial charge is 0.254 e. The van der Waals surface area contributed by atoms with Crippen molar-refractivity contribution >= 4 is 29.1 Å². The lowest BCUT2D eigenvalue weighted by Gasteiger charge is -2.36. The Kier molecular flexibility index (Phi) is 6.60. The largest absolute Gasteiger partial charge is 0.493 e. The highest BCUT2D eigenvalue weighted by molar-refractivity contribution is 6.42. The van der Waals surface area contributed by atoms with Crippen molar-refractivity contribution in [3.8, 4) is 11.8 Å². The van der Waals surface area contributed by atoms with Crippen LogP contribution in [0.3, 0.4) is 0 Å². The van der Waals surface area contributed by atoms with Crippen LogP contribution < -0.4 is 4.74 Å². The number of likely N-dealkylation sites (tertiary alicyclic amines) is 1. The fourth-order valence-electron chi connectivity index (χ4n) is 3.34. The monoisotopic (exact) mass is 402 g/mol. The Balaban J connectivity index is 1.63. The van der Waals surface area contributed by atoms with E-state index in [4.69, 9.17) is 33.2 Å². The number of piperidine rings is 1. The van der Waals surface area contributed by atoms with Gasteiger partial charge in [0, 0.05) is 30.6 Å². The van der Waals surface area contributed by atoms with Crippen molar-refractivity contribution in [3.63, 3.8) is 0 Å². The van der Waals surface area contributed by atoms with E-state index in [-0.39, 0.29) is 11.9 Å². The van der Waals surface area contributed by atoms with Crippen LogP contribution in [0.1, 0.15) is 41.6 Å². The number of ether oxygens (including phenoxy) is 1. The molecule has 1 amide bonds. The molecule has 1 aliphatic heterocycles. The number of hydrogen-bond acceptors (Lipinski definition) is 3. The summed E-state index contributed by atoms with van der Waals surface area (Å²) >= 11 is 11.9. The topological polar surface area (TPSA) is 53.3 Å². The van der Waals surface area contributed by atoms with E-state index in [0.29, 0.717) is 33.5 Å². The number of carbonyl (C=O) groups is 1. The summed E-state index contributed by atoms with van der Waals surface area (Å²) in [5.41, 5.74) is 1.06. The number of rotatable bonds is 5. The quantitative estimate of drug-likeness (QED) is 0.678. The summed E-state index contributed by atoms with van der Waals surface area (Å²) in [5.74, 6) is 0.645. The molecular formula is C21H20Cl2N2O2. The Bertz CT molecular complexity index is 864. The molecule has 1 unspecified atom stereocenters. The van der Waals surface area contributed by atoms with Crippen molar-refractivity contribution in [1.82, 2.24) is 4.90 Å². The second kappa shape index (κ2) is 9.12. The summed E-state index contributed by atoms with van der Waals surface area (Å²) in [6, 6.07) is 14.3. The Morgan fingerprint density at radius 1 is 1.19 bits per heavy atom. The van der Waals surface area contributed by atoms with Gasteiger partial charge in [0.1, 0.15) is 5.75 Å². The van der Waals surface area contributed by atoms with E-state index in [2.05, 4.69) is 6.07 Å². The van der Waals surface area contributed by atoms with Gasteiger partial charge in [-0.15, -0.1) is 0 Å². The van der Waals surface area contributed by atoms with E-state index in [9.17, 15) is 4.79 Å². The third kappa shape index (κ3) is 4.94. The maximum absolute atomic E-state index is 12.9. The van der Waals surface area contributed by atoms with Crippen molar-refractivity contribution in [2.24, 2.45) is 0 Å². The van der Waals surface area contributed by atoms with Crippen LogP contribution in [0.15, 0.2) is 42.5 Å². The summed E-state index contributed by atoms with van der Waals surface area (Å²) in [6.45, 7) is 1.22. The normalized spacial score (nSPS) is 16.6. The average Bonchev–Trinajstić information content (AvgIpc) is 2.70. The molecule has 4 nitrogen and oxygen atoms in total. The van der Waals surface area contributed by atoms with Crippen molar-refractivity contribution < 1.29 is 9.53 Å². The first-order valence-electron chi connectivity index (χ1n) is 8.97. The minimum atomic E-state index is -0.0219. The number of nitriles is 1. The molecule has 140 valence electrons. The molecular weight excluding hydrogens is 383 g/mol. The van der Waals surface area contributed by atoms with Crippen LogP contribution in [0.25, 0.3) is 0 Å². The van der Waals surface area contributed by atoms with Gasteiger partial charge in [0.15, 0.2) is 0 Å². The summed E-state index contributed by atoms with van der Waals surface area (Å²) in [5, 5.41) is 10.0. The molecule has 1 saturated heterocycles. The summed E-state index contributed by atoms with van der Waals surface area (Å²) < 4.78 is 5.79. The van der Waals surface area contributed by atoms with Gasteiger partial charge in [-0.1, -0.05) is 29.3 Å². The number of benzene rings is 2. The third-order valence-electron chi connectivity index (χ3n) is 4.74. The van der Waals surface area contributed by atoms with Gasteiger partial charge in [-0.3, -0.25) is 4.79 Å². The molecule has 1 atom stereocenters. The van der Waals surface area contributed by atoms with Crippen LogP contribution in [-0.2, 0) is 0 Å². The third-order valence-corrected chi connectivity index (χ3v) is 5.48. The molecule has 0 saturated carbocycles. The van der Waals surface area contributed by atoms with Gasteiger partial charge in [-0.05, 0) is 49.6 Å². The lowest BCUT2D eigenvalue weighted by molar-refractivity contribution is 0.0580. The minimum Gasteiger partial charge on any atom is -0.493 e. The zero-order valence-electron chi connectivity index (χ0n) is 14.8. The molecule has 3 rings (SSSR count). The highest BCUT2D eigenvalue weighted by atomic mass is 35.5. The molecule has 0 aromatic heterocycles. The molecule has 0 radical (unpaired) electrons. The zero-order chi connectivity index (χ0) is 19.2. The molecule has 2 aromatic rings. The molecule has 1 fully saturated rings. The van der Waals surface area contributed by atoms with Crippen LogP contribution in [0, 0.1) is 11.3 Å². The Hall–Kier alpha value is -2.22. The zero-order valence-corrected chi connectivity index (χ0v) is 16.3. The van der Waals surface area contributed by atoms with E-state index in [1.54, 1.807) is 42.5 Å². The highest BCUT2D eigenvalue weighted by Crippen LogP contribution is 2.27. The second-order valence-corrected chi connectivity index (χ2v) is 7.37. The molecule has 1 heterocycles. The standard InChI is InChI=1S/C21H20Cl2N2O2/c22-19-8-7-18(13-20(19)23)27-11-9-17-6-1-2-10-25(17)21(26)16-5-3-4-15(12-16)14-24/h3-5,7-8,12-13,17H,1-2,6,9-11H2. The average molecular weight is 403 g/mol. The van der Waals surface area contributed by atoms with E-state index >= 15 is 0 Å².